The summed E-state index contributed by atoms with van der Waals surface area (Å²) in [6.07, 6.45) is 1.30. The van der Waals surface area contributed by atoms with Gasteiger partial charge in [0.05, 0.1) is 0 Å². The number of carbonyl (C=O) groups is 1. The van der Waals surface area contributed by atoms with Crippen molar-refractivity contribution in [2.75, 3.05) is 27.4 Å². The van der Waals surface area contributed by atoms with Crippen LogP contribution in [0.25, 0.3) is 0 Å². The maximum atomic E-state index is 12.5. The number of aliphatic imine (C=N–C) groups is 1. The normalized spacial score (nSPS) is 14.1. The number of carbonyl (C=O) groups excluding carboxylic acids is 1. The van der Waals surface area contributed by atoms with Crippen LogP contribution in [-0.4, -0.2) is 49.1 Å². The Hall–Kier alpha value is -2.49. The average molecular weight is 536 g/mol. The van der Waals surface area contributed by atoms with E-state index in [0.29, 0.717) is 19.5 Å². The standard InChI is InChI=1S/C23H28N4O3.HI/c1-24-23(26(2)13-17-9-10-20-21(12-17)30-16-29-20)25-11-5-8-22(28)27-14-18-6-3-4-7-19(18)15-27;/h3-4,6-7,9-10,12H,5,8,11,13-16H2,1-2H3,(H,24,25);1H. The van der Waals surface area contributed by atoms with Gasteiger partial charge in [0.25, 0.3) is 0 Å². The van der Waals surface area contributed by atoms with Crippen LogP contribution in [0.15, 0.2) is 47.5 Å². The number of nitrogens with zero attached hydrogens (tertiary/aromatic N) is 3. The first-order valence-electron chi connectivity index (χ1n) is 10.3. The van der Waals surface area contributed by atoms with E-state index in [1.54, 1.807) is 7.05 Å². The zero-order valence-electron chi connectivity index (χ0n) is 18.0. The molecule has 0 radical (unpaired) electrons. The summed E-state index contributed by atoms with van der Waals surface area (Å²) in [7, 11) is 3.76. The van der Waals surface area contributed by atoms with Crippen LogP contribution < -0.4 is 14.8 Å². The fourth-order valence-corrected chi connectivity index (χ4v) is 3.88. The van der Waals surface area contributed by atoms with Crippen LogP contribution in [0.4, 0.5) is 0 Å². The number of hydrogen-bond acceptors (Lipinski definition) is 4. The summed E-state index contributed by atoms with van der Waals surface area (Å²) in [5, 5.41) is 3.35. The van der Waals surface area contributed by atoms with Crippen LogP contribution in [0.2, 0.25) is 0 Å². The van der Waals surface area contributed by atoms with E-state index in [-0.39, 0.29) is 36.7 Å². The quantitative estimate of drug-likeness (QED) is 0.266. The molecule has 0 fully saturated rings. The van der Waals surface area contributed by atoms with Gasteiger partial charge in [-0.3, -0.25) is 9.79 Å². The Kier molecular flexibility index (Phi) is 8.00. The molecule has 31 heavy (non-hydrogen) atoms. The van der Waals surface area contributed by atoms with Gasteiger partial charge in [0.1, 0.15) is 0 Å². The van der Waals surface area contributed by atoms with Gasteiger partial charge in [-0.25, -0.2) is 0 Å². The van der Waals surface area contributed by atoms with E-state index < -0.39 is 0 Å². The summed E-state index contributed by atoms with van der Waals surface area (Å²) < 4.78 is 10.8. The van der Waals surface area contributed by atoms with E-state index in [1.807, 2.05) is 42.3 Å². The topological polar surface area (TPSA) is 66.4 Å². The van der Waals surface area contributed by atoms with Crippen LogP contribution in [-0.2, 0) is 24.4 Å². The number of nitrogens with one attached hydrogen (secondary N) is 1. The lowest BCUT2D eigenvalue weighted by atomic mass is 10.1. The van der Waals surface area contributed by atoms with Gasteiger partial charge >= 0.3 is 0 Å². The summed E-state index contributed by atoms with van der Waals surface area (Å²) in [6.45, 7) is 3.12. The molecule has 2 aliphatic rings. The van der Waals surface area contributed by atoms with Crippen molar-refractivity contribution in [1.82, 2.24) is 15.1 Å². The smallest absolute Gasteiger partial charge is 0.231 e. The first-order valence-corrected chi connectivity index (χ1v) is 10.3. The molecule has 0 atom stereocenters. The van der Waals surface area contributed by atoms with Crippen LogP contribution in [0, 0.1) is 0 Å². The van der Waals surface area contributed by atoms with Gasteiger partial charge < -0.3 is 24.6 Å². The van der Waals surface area contributed by atoms with Gasteiger partial charge in [0.15, 0.2) is 17.5 Å². The molecule has 166 valence electrons. The summed E-state index contributed by atoms with van der Waals surface area (Å²) in [5.41, 5.74) is 3.64. The minimum Gasteiger partial charge on any atom is -0.454 e. The monoisotopic (exact) mass is 536 g/mol. The van der Waals surface area contributed by atoms with E-state index in [0.717, 1.165) is 42.5 Å². The molecule has 7 nitrogen and oxygen atoms in total. The molecule has 0 spiro atoms. The number of halogens is 1. The van der Waals surface area contributed by atoms with Crippen molar-refractivity contribution in [2.24, 2.45) is 4.99 Å². The Morgan fingerprint density at radius 3 is 2.55 bits per heavy atom. The highest BCUT2D eigenvalue weighted by Crippen LogP contribution is 2.32. The summed E-state index contributed by atoms with van der Waals surface area (Å²) >= 11 is 0. The van der Waals surface area contributed by atoms with E-state index in [9.17, 15) is 4.79 Å². The molecule has 8 heteroatoms. The number of guanidine groups is 1. The molecule has 0 saturated carbocycles. The molecular weight excluding hydrogens is 507 g/mol. The van der Waals surface area contributed by atoms with E-state index in [2.05, 4.69) is 27.3 Å². The molecule has 0 bridgehead atoms. The van der Waals surface area contributed by atoms with Gasteiger partial charge in [0, 0.05) is 46.7 Å². The maximum Gasteiger partial charge on any atom is 0.231 e. The van der Waals surface area contributed by atoms with Gasteiger partial charge in [-0.2, -0.15) is 0 Å². The minimum absolute atomic E-state index is 0. The summed E-state index contributed by atoms with van der Waals surface area (Å²) in [5.74, 6) is 2.58. The third-order valence-electron chi connectivity index (χ3n) is 5.47. The molecular formula is C23H29IN4O3. The van der Waals surface area contributed by atoms with E-state index in [1.165, 1.54) is 11.1 Å². The molecule has 2 aliphatic heterocycles. The van der Waals surface area contributed by atoms with Crippen molar-refractivity contribution in [3.8, 4) is 11.5 Å². The minimum atomic E-state index is 0. The number of rotatable bonds is 6. The van der Waals surface area contributed by atoms with Crippen molar-refractivity contribution in [3.05, 3.63) is 59.2 Å². The van der Waals surface area contributed by atoms with E-state index >= 15 is 0 Å². The second kappa shape index (κ2) is 10.7. The lowest BCUT2D eigenvalue weighted by Gasteiger charge is -2.22. The Bertz CT molecular complexity index is 925. The van der Waals surface area contributed by atoms with Gasteiger partial charge in [0.2, 0.25) is 12.7 Å². The Morgan fingerprint density at radius 1 is 1.13 bits per heavy atom. The molecule has 0 unspecified atom stereocenters. The van der Waals surface area contributed by atoms with Gasteiger partial charge in [-0.15, -0.1) is 24.0 Å². The molecule has 0 saturated heterocycles. The van der Waals surface area contributed by atoms with E-state index in [4.69, 9.17) is 9.47 Å². The highest BCUT2D eigenvalue weighted by Gasteiger charge is 2.22. The predicted molar refractivity (Wildman–Crippen MR) is 131 cm³/mol. The second-order valence-corrected chi connectivity index (χ2v) is 7.64. The Balaban J connectivity index is 0.00000272. The zero-order chi connectivity index (χ0) is 20.9. The number of amides is 1. The Morgan fingerprint density at radius 2 is 1.84 bits per heavy atom. The van der Waals surface area contributed by atoms with Crippen LogP contribution in [0.5, 0.6) is 11.5 Å². The lowest BCUT2D eigenvalue weighted by molar-refractivity contribution is -0.131. The van der Waals surface area contributed by atoms with Crippen molar-refractivity contribution in [2.45, 2.75) is 32.5 Å². The molecule has 2 heterocycles. The largest absolute Gasteiger partial charge is 0.454 e. The molecule has 4 rings (SSSR count). The zero-order valence-corrected chi connectivity index (χ0v) is 20.3. The molecule has 2 aromatic carbocycles. The van der Waals surface area contributed by atoms with Crippen molar-refractivity contribution in [3.63, 3.8) is 0 Å². The molecule has 1 amide bonds. The summed E-state index contributed by atoms with van der Waals surface area (Å²) in [4.78, 5) is 20.9. The van der Waals surface area contributed by atoms with Crippen LogP contribution >= 0.6 is 24.0 Å². The third kappa shape index (κ3) is 5.61. The van der Waals surface area contributed by atoms with Crippen molar-refractivity contribution < 1.29 is 14.3 Å². The Labute approximate surface area is 200 Å². The average Bonchev–Trinajstić information content (AvgIpc) is 3.40. The molecule has 0 aromatic heterocycles. The highest BCUT2D eigenvalue weighted by atomic mass is 127. The maximum absolute atomic E-state index is 12.5. The first kappa shape index (κ1) is 23.2. The number of hydrogen-bond donors (Lipinski definition) is 1. The molecule has 0 aliphatic carbocycles. The second-order valence-electron chi connectivity index (χ2n) is 7.64. The van der Waals surface area contributed by atoms with Crippen molar-refractivity contribution >= 4 is 35.8 Å². The van der Waals surface area contributed by atoms with Crippen LogP contribution in [0.3, 0.4) is 0 Å². The fourth-order valence-electron chi connectivity index (χ4n) is 3.88. The highest BCUT2D eigenvalue weighted by molar-refractivity contribution is 14.0. The van der Waals surface area contributed by atoms with Crippen LogP contribution in [0.1, 0.15) is 29.5 Å². The number of benzene rings is 2. The lowest BCUT2D eigenvalue weighted by Crippen LogP contribution is -2.39. The summed E-state index contributed by atoms with van der Waals surface area (Å²) in [6, 6.07) is 14.2. The predicted octanol–water partition coefficient (Wildman–Crippen LogP) is 3.36. The number of fused-ring (bicyclic) bond motifs is 2. The van der Waals surface area contributed by atoms with Gasteiger partial charge in [-0.1, -0.05) is 30.3 Å². The fraction of sp³-hybridized carbons (Fsp3) is 0.391. The van der Waals surface area contributed by atoms with Gasteiger partial charge in [-0.05, 0) is 35.2 Å². The SMILES string of the molecule is CN=C(NCCCC(=O)N1Cc2ccccc2C1)N(C)Cc1ccc2c(c1)OCO2.I. The number of ether oxygens (including phenoxy) is 2. The van der Waals surface area contributed by atoms with Crippen molar-refractivity contribution in [1.29, 1.82) is 0 Å². The third-order valence-corrected chi connectivity index (χ3v) is 5.47. The first-order chi connectivity index (χ1) is 14.6. The molecule has 1 N–H and O–H groups in total. The molecule has 2 aromatic rings.